The van der Waals surface area contributed by atoms with Gasteiger partial charge in [-0.2, -0.15) is 0 Å². The monoisotopic (exact) mass is 298 g/mol. The van der Waals surface area contributed by atoms with E-state index in [9.17, 15) is 0 Å². The molecule has 3 rings (SSSR count). The summed E-state index contributed by atoms with van der Waals surface area (Å²) in [6.07, 6.45) is 1.07. The number of anilines is 1. The molecule has 5 heteroatoms. The lowest BCUT2D eigenvalue weighted by Crippen LogP contribution is -1.98. The Morgan fingerprint density at radius 2 is 2.00 bits per heavy atom. The zero-order chi connectivity index (χ0) is 14.8. The molecule has 2 aromatic heterocycles. The molecule has 108 valence electrons. The SMILES string of the molecule is CCCNc1nnc(-c2cc(C)nc3ccc(C)cc23)s1. The normalized spacial score (nSPS) is 11.0. The van der Waals surface area contributed by atoms with Crippen LogP contribution in [0.3, 0.4) is 0 Å². The third-order valence-electron chi connectivity index (χ3n) is 3.27. The number of nitrogens with zero attached hydrogens (tertiary/aromatic N) is 3. The second-order valence-corrected chi connectivity index (χ2v) is 6.15. The lowest BCUT2D eigenvalue weighted by molar-refractivity contribution is 0.964. The van der Waals surface area contributed by atoms with Crippen molar-refractivity contribution in [2.45, 2.75) is 27.2 Å². The van der Waals surface area contributed by atoms with Crippen LogP contribution < -0.4 is 5.32 Å². The molecule has 0 aliphatic carbocycles. The second kappa shape index (κ2) is 5.77. The summed E-state index contributed by atoms with van der Waals surface area (Å²) in [4.78, 5) is 4.60. The minimum absolute atomic E-state index is 0.877. The summed E-state index contributed by atoms with van der Waals surface area (Å²) in [5, 5.41) is 14.8. The van der Waals surface area contributed by atoms with Gasteiger partial charge in [-0.1, -0.05) is 29.9 Å². The van der Waals surface area contributed by atoms with E-state index < -0.39 is 0 Å². The molecule has 0 fully saturated rings. The van der Waals surface area contributed by atoms with Gasteiger partial charge in [0.05, 0.1) is 5.52 Å². The van der Waals surface area contributed by atoms with E-state index in [2.05, 4.69) is 58.6 Å². The second-order valence-electron chi connectivity index (χ2n) is 5.17. The zero-order valence-electron chi connectivity index (χ0n) is 12.5. The van der Waals surface area contributed by atoms with Crippen LogP contribution in [0.5, 0.6) is 0 Å². The van der Waals surface area contributed by atoms with Crippen LogP contribution >= 0.6 is 11.3 Å². The first-order chi connectivity index (χ1) is 10.2. The van der Waals surface area contributed by atoms with Crippen LogP contribution in [0.25, 0.3) is 21.5 Å². The first-order valence-electron chi connectivity index (χ1n) is 7.13. The van der Waals surface area contributed by atoms with Crippen molar-refractivity contribution in [3.8, 4) is 10.6 Å². The smallest absolute Gasteiger partial charge is 0.206 e. The summed E-state index contributed by atoms with van der Waals surface area (Å²) in [6, 6.07) is 8.41. The van der Waals surface area contributed by atoms with E-state index in [0.29, 0.717) is 0 Å². The van der Waals surface area contributed by atoms with Gasteiger partial charge in [-0.15, -0.1) is 10.2 Å². The number of pyridine rings is 1. The van der Waals surface area contributed by atoms with Crippen LogP contribution in [0.15, 0.2) is 24.3 Å². The van der Waals surface area contributed by atoms with E-state index in [4.69, 9.17) is 0 Å². The molecule has 4 nitrogen and oxygen atoms in total. The van der Waals surface area contributed by atoms with Gasteiger partial charge in [-0.25, -0.2) is 0 Å². The van der Waals surface area contributed by atoms with Crippen LogP contribution in [0.2, 0.25) is 0 Å². The molecule has 0 aliphatic rings. The minimum Gasteiger partial charge on any atom is -0.360 e. The van der Waals surface area contributed by atoms with Crippen LogP contribution in [0.1, 0.15) is 24.6 Å². The molecule has 3 aromatic rings. The van der Waals surface area contributed by atoms with Gasteiger partial charge in [0.1, 0.15) is 5.01 Å². The number of benzene rings is 1. The summed E-state index contributed by atoms with van der Waals surface area (Å²) in [5.74, 6) is 0. The van der Waals surface area contributed by atoms with Gasteiger partial charge in [0.25, 0.3) is 0 Å². The number of aryl methyl sites for hydroxylation is 2. The fourth-order valence-electron chi connectivity index (χ4n) is 2.28. The van der Waals surface area contributed by atoms with Crippen molar-refractivity contribution in [3.05, 3.63) is 35.5 Å². The van der Waals surface area contributed by atoms with Crippen molar-refractivity contribution < 1.29 is 0 Å². The summed E-state index contributed by atoms with van der Waals surface area (Å²) in [5.41, 5.74) is 4.35. The van der Waals surface area contributed by atoms with Gasteiger partial charge in [0, 0.05) is 23.2 Å². The molecule has 0 unspecified atom stereocenters. The Morgan fingerprint density at radius 1 is 1.14 bits per heavy atom. The highest BCUT2D eigenvalue weighted by Gasteiger charge is 2.11. The molecule has 0 saturated carbocycles. The van der Waals surface area contributed by atoms with Gasteiger partial charge in [-0.3, -0.25) is 4.98 Å². The van der Waals surface area contributed by atoms with Crippen LogP contribution in [0, 0.1) is 13.8 Å². The average Bonchev–Trinajstić information content (AvgIpc) is 2.93. The number of hydrogen-bond acceptors (Lipinski definition) is 5. The van der Waals surface area contributed by atoms with Gasteiger partial charge >= 0.3 is 0 Å². The topological polar surface area (TPSA) is 50.7 Å². The van der Waals surface area contributed by atoms with E-state index in [1.807, 2.05) is 6.92 Å². The first kappa shape index (κ1) is 13.9. The lowest BCUT2D eigenvalue weighted by atomic mass is 10.1. The summed E-state index contributed by atoms with van der Waals surface area (Å²) in [7, 11) is 0. The maximum atomic E-state index is 4.60. The van der Waals surface area contributed by atoms with Crippen molar-refractivity contribution in [2.24, 2.45) is 0 Å². The summed E-state index contributed by atoms with van der Waals surface area (Å²) in [6.45, 7) is 7.17. The quantitative estimate of drug-likeness (QED) is 0.784. The molecule has 1 N–H and O–H groups in total. The highest BCUT2D eigenvalue weighted by Crippen LogP contribution is 2.32. The third kappa shape index (κ3) is 2.88. The highest BCUT2D eigenvalue weighted by atomic mass is 32.1. The van der Waals surface area contributed by atoms with Crippen molar-refractivity contribution in [1.29, 1.82) is 0 Å². The van der Waals surface area contributed by atoms with Gasteiger partial charge in [0.15, 0.2) is 0 Å². The largest absolute Gasteiger partial charge is 0.360 e. The van der Waals surface area contributed by atoms with Gasteiger partial charge < -0.3 is 5.32 Å². The molecule has 21 heavy (non-hydrogen) atoms. The molecular formula is C16H18N4S. The number of nitrogens with one attached hydrogen (secondary N) is 1. The molecule has 0 aliphatic heterocycles. The lowest BCUT2D eigenvalue weighted by Gasteiger charge is -2.06. The number of fused-ring (bicyclic) bond motifs is 1. The minimum atomic E-state index is 0.877. The van der Waals surface area contributed by atoms with E-state index >= 15 is 0 Å². The Balaban J connectivity index is 2.10. The molecular weight excluding hydrogens is 280 g/mol. The van der Waals surface area contributed by atoms with Crippen molar-refractivity contribution >= 4 is 27.4 Å². The molecule has 0 bridgehead atoms. The average molecular weight is 298 g/mol. The molecule has 0 spiro atoms. The molecule has 1 aromatic carbocycles. The number of hydrogen-bond donors (Lipinski definition) is 1. The van der Waals surface area contributed by atoms with E-state index in [1.54, 1.807) is 11.3 Å². The van der Waals surface area contributed by atoms with Crippen molar-refractivity contribution in [2.75, 3.05) is 11.9 Å². The summed E-state index contributed by atoms with van der Waals surface area (Å²) >= 11 is 1.59. The maximum absolute atomic E-state index is 4.60. The fourth-order valence-corrected chi connectivity index (χ4v) is 3.08. The van der Waals surface area contributed by atoms with Gasteiger partial charge in [-0.05, 0) is 38.5 Å². The van der Waals surface area contributed by atoms with Crippen molar-refractivity contribution in [3.63, 3.8) is 0 Å². The van der Waals surface area contributed by atoms with Gasteiger partial charge in [0.2, 0.25) is 5.13 Å². The van der Waals surface area contributed by atoms with E-state index in [0.717, 1.165) is 45.3 Å². The Bertz CT molecular complexity index is 779. The number of rotatable bonds is 4. The fraction of sp³-hybridized carbons (Fsp3) is 0.312. The predicted molar refractivity (Wildman–Crippen MR) is 88.9 cm³/mol. The van der Waals surface area contributed by atoms with Crippen LogP contribution in [0.4, 0.5) is 5.13 Å². The Labute approximate surface area is 128 Å². The molecule has 0 saturated heterocycles. The molecule has 0 amide bonds. The zero-order valence-corrected chi connectivity index (χ0v) is 13.3. The third-order valence-corrected chi connectivity index (χ3v) is 4.19. The highest BCUT2D eigenvalue weighted by molar-refractivity contribution is 7.18. The maximum Gasteiger partial charge on any atom is 0.206 e. The first-order valence-corrected chi connectivity index (χ1v) is 7.95. The van der Waals surface area contributed by atoms with E-state index in [1.165, 1.54) is 5.56 Å². The molecule has 0 radical (unpaired) electrons. The number of aromatic nitrogens is 3. The van der Waals surface area contributed by atoms with Crippen LogP contribution in [-0.4, -0.2) is 21.7 Å². The predicted octanol–water partition coefficient (Wildman–Crippen LogP) is 4.19. The van der Waals surface area contributed by atoms with Crippen molar-refractivity contribution in [1.82, 2.24) is 15.2 Å². The van der Waals surface area contributed by atoms with E-state index in [-0.39, 0.29) is 0 Å². The molecule has 0 atom stereocenters. The summed E-state index contributed by atoms with van der Waals surface area (Å²) < 4.78 is 0. The van der Waals surface area contributed by atoms with Crippen LogP contribution in [-0.2, 0) is 0 Å². The standard InChI is InChI=1S/C16H18N4S/c1-4-7-17-16-20-19-15(21-16)13-9-11(3)18-14-6-5-10(2)8-12(13)14/h5-6,8-9H,4,7H2,1-3H3,(H,17,20). The Morgan fingerprint density at radius 3 is 2.81 bits per heavy atom. The Hall–Kier alpha value is -2.01. The molecule has 2 heterocycles. The Kier molecular flexibility index (Phi) is 3.84.